The Morgan fingerprint density at radius 2 is 2.27 bits per heavy atom. The number of rotatable bonds is 0. The Hall–Kier alpha value is -1.66. The second-order valence-electron chi connectivity index (χ2n) is 3.43. The van der Waals surface area contributed by atoms with Crippen LogP contribution in [-0.2, 0) is 0 Å². The molecule has 0 fully saturated rings. The van der Waals surface area contributed by atoms with E-state index in [4.69, 9.17) is 5.26 Å². The molecule has 0 aliphatic carbocycles. The van der Waals surface area contributed by atoms with Crippen LogP contribution in [-0.4, -0.2) is 9.82 Å². The van der Waals surface area contributed by atoms with E-state index in [1.54, 1.807) is 11.8 Å². The van der Waals surface area contributed by atoms with Crippen LogP contribution in [0.25, 0.3) is 17.1 Å². The van der Waals surface area contributed by atoms with Gasteiger partial charge in [-0.2, -0.15) is 5.26 Å². The smallest absolute Gasteiger partial charge is 0.116 e. The van der Waals surface area contributed by atoms with Gasteiger partial charge in [-0.15, -0.1) is 11.8 Å². The number of benzene rings is 1. The normalized spacial score (nSPS) is 18.7. The molecule has 2 nitrogen and oxygen atoms in total. The number of hydrogen-bond acceptors (Lipinski definition) is 2. The van der Waals surface area contributed by atoms with Gasteiger partial charge in [0.1, 0.15) is 5.25 Å². The van der Waals surface area contributed by atoms with Gasteiger partial charge in [-0.3, -0.25) is 0 Å². The van der Waals surface area contributed by atoms with E-state index in [9.17, 15) is 0 Å². The number of hydrogen-bond donors (Lipinski definition) is 0. The third-order valence-electron chi connectivity index (χ3n) is 2.51. The molecule has 0 bridgehead atoms. The third-order valence-corrected chi connectivity index (χ3v) is 3.61. The summed E-state index contributed by atoms with van der Waals surface area (Å²) in [6, 6.07) is 10.6. The Bertz CT molecular complexity index is 589. The lowest BCUT2D eigenvalue weighted by Crippen LogP contribution is -1.90. The number of nitrogens with zero attached hydrogens (tertiary/aromatic N) is 2. The SMILES string of the molecule is N#CC1C=Cn2ccc3cccc(c32)S1. The van der Waals surface area contributed by atoms with Gasteiger partial charge in [0.05, 0.1) is 11.6 Å². The second-order valence-corrected chi connectivity index (χ2v) is 4.61. The summed E-state index contributed by atoms with van der Waals surface area (Å²) >= 11 is 1.61. The highest BCUT2D eigenvalue weighted by molar-refractivity contribution is 8.00. The van der Waals surface area contributed by atoms with E-state index >= 15 is 0 Å². The van der Waals surface area contributed by atoms with Gasteiger partial charge in [0.25, 0.3) is 0 Å². The summed E-state index contributed by atoms with van der Waals surface area (Å²) in [5.74, 6) is 0. The Morgan fingerprint density at radius 3 is 3.13 bits per heavy atom. The predicted octanol–water partition coefficient (Wildman–Crippen LogP) is 3.11. The summed E-state index contributed by atoms with van der Waals surface area (Å²) in [6.45, 7) is 0. The lowest BCUT2D eigenvalue weighted by atomic mass is 10.2. The number of para-hydroxylation sites is 1. The molecular formula is C12H8N2S. The molecule has 1 aliphatic rings. The van der Waals surface area contributed by atoms with Crippen molar-refractivity contribution in [1.29, 1.82) is 5.26 Å². The van der Waals surface area contributed by atoms with Gasteiger partial charge in [0, 0.05) is 22.7 Å². The van der Waals surface area contributed by atoms with Gasteiger partial charge in [-0.1, -0.05) is 12.1 Å². The van der Waals surface area contributed by atoms with Crippen molar-refractivity contribution in [3.8, 4) is 6.07 Å². The Kier molecular flexibility index (Phi) is 1.83. The molecule has 1 aliphatic heterocycles. The van der Waals surface area contributed by atoms with E-state index in [2.05, 4.69) is 28.8 Å². The topological polar surface area (TPSA) is 28.7 Å². The van der Waals surface area contributed by atoms with Crippen molar-refractivity contribution in [3.05, 3.63) is 36.5 Å². The lowest BCUT2D eigenvalue weighted by Gasteiger charge is -2.03. The fourth-order valence-corrected chi connectivity index (χ4v) is 2.79. The fourth-order valence-electron chi connectivity index (χ4n) is 1.82. The van der Waals surface area contributed by atoms with Gasteiger partial charge >= 0.3 is 0 Å². The summed E-state index contributed by atoms with van der Waals surface area (Å²) in [7, 11) is 0. The van der Waals surface area contributed by atoms with E-state index in [1.807, 2.05) is 24.5 Å². The predicted molar refractivity (Wildman–Crippen MR) is 62.5 cm³/mol. The van der Waals surface area contributed by atoms with Crippen molar-refractivity contribution in [3.63, 3.8) is 0 Å². The van der Waals surface area contributed by atoms with Crippen LogP contribution < -0.4 is 0 Å². The molecule has 0 spiro atoms. The van der Waals surface area contributed by atoms with Crippen LogP contribution in [0.1, 0.15) is 0 Å². The second kappa shape index (κ2) is 3.18. The van der Waals surface area contributed by atoms with Crippen molar-refractivity contribution < 1.29 is 0 Å². The summed E-state index contributed by atoms with van der Waals surface area (Å²) in [4.78, 5) is 1.18. The van der Waals surface area contributed by atoms with Crippen molar-refractivity contribution in [1.82, 2.24) is 4.57 Å². The molecule has 1 atom stereocenters. The average Bonchev–Trinajstić information content (AvgIpc) is 2.58. The quantitative estimate of drug-likeness (QED) is 0.671. The maximum atomic E-state index is 8.96. The number of aromatic nitrogens is 1. The molecule has 72 valence electrons. The minimum absolute atomic E-state index is 0.0875. The zero-order valence-electron chi connectivity index (χ0n) is 7.92. The van der Waals surface area contributed by atoms with Crippen LogP contribution in [0.3, 0.4) is 0 Å². The minimum atomic E-state index is -0.0875. The fraction of sp³-hybridized carbons (Fsp3) is 0.0833. The molecule has 0 saturated carbocycles. The molecular weight excluding hydrogens is 204 g/mol. The summed E-state index contributed by atoms with van der Waals surface area (Å²) in [5, 5.41) is 10.1. The van der Waals surface area contributed by atoms with Crippen molar-refractivity contribution in [2.45, 2.75) is 10.1 Å². The molecule has 1 aromatic heterocycles. The van der Waals surface area contributed by atoms with Crippen LogP contribution in [0.5, 0.6) is 0 Å². The van der Waals surface area contributed by atoms with E-state index in [0.29, 0.717) is 0 Å². The van der Waals surface area contributed by atoms with Crippen LogP contribution in [0.4, 0.5) is 0 Å². The maximum absolute atomic E-state index is 8.96. The highest BCUT2D eigenvalue weighted by atomic mass is 32.2. The van der Waals surface area contributed by atoms with Crippen LogP contribution in [0.2, 0.25) is 0 Å². The summed E-state index contributed by atoms with van der Waals surface area (Å²) in [5.41, 5.74) is 1.21. The monoisotopic (exact) mass is 212 g/mol. The highest BCUT2D eigenvalue weighted by Gasteiger charge is 2.13. The van der Waals surface area contributed by atoms with Crippen molar-refractivity contribution in [2.75, 3.05) is 0 Å². The molecule has 0 N–H and O–H groups in total. The van der Waals surface area contributed by atoms with Crippen LogP contribution in [0, 0.1) is 11.3 Å². The Balaban J connectivity index is 2.32. The van der Waals surface area contributed by atoms with E-state index in [0.717, 1.165) is 0 Å². The van der Waals surface area contributed by atoms with Crippen molar-refractivity contribution >= 4 is 28.9 Å². The van der Waals surface area contributed by atoms with E-state index in [1.165, 1.54) is 15.8 Å². The maximum Gasteiger partial charge on any atom is 0.116 e. The third kappa shape index (κ3) is 1.26. The Morgan fingerprint density at radius 1 is 1.33 bits per heavy atom. The first kappa shape index (κ1) is 8.63. The number of thioether (sulfide) groups is 1. The lowest BCUT2D eigenvalue weighted by molar-refractivity contribution is 1.20. The van der Waals surface area contributed by atoms with Crippen LogP contribution in [0.15, 0.2) is 41.4 Å². The minimum Gasteiger partial charge on any atom is -0.322 e. The first-order valence-electron chi connectivity index (χ1n) is 4.72. The molecule has 2 heterocycles. The first-order chi connectivity index (χ1) is 7.38. The molecule has 1 aromatic carbocycles. The summed E-state index contributed by atoms with van der Waals surface area (Å²) in [6.07, 6.45) is 5.94. The molecule has 1 unspecified atom stereocenters. The van der Waals surface area contributed by atoms with Gasteiger partial charge in [0.2, 0.25) is 0 Å². The number of nitriles is 1. The highest BCUT2D eigenvalue weighted by Crippen LogP contribution is 2.34. The van der Waals surface area contributed by atoms with E-state index in [-0.39, 0.29) is 5.25 Å². The first-order valence-corrected chi connectivity index (χ1v) is 5.60. The largest absolute Gasteiger partial charge is 0.322 e. The molecule has 0 amide bonds. The average molecular weight is 212 g/mol. The molecule has 0 saturated heterocycles. The van der Waals surface area contributed by atoms with Crippen LogP contribution >= 0.6 is 11.8 Å². The zero-order chi connectivity index (χ0) is 10.3. The molecule has 3 heteroatoms. The summed E-state index contributed by atoms with van der Waals surface area (Å²) < 4.78 is 2.08. The molecule has 2 aromatic rings. The van der Waals surface area contributed by atoms with Crippen molar-refractivity contribution in [2.24, 2.45) is 0 Å². The van der Waals surface area contributed by atoms with Gasteiger partial charge in [-0.05, 0) is 18.2 Å². The molecule has 3 rings (SSSR count). The Labute approximate surface area is 91.8 Å². The molecule has 15 heavy (non-hydrogen) atoms. The zero-order valence-corrected chi connectivity index (χ0v) is 8.74. The standard InChI is InChI=1S/C12H8N2S/c13-8-10-5-7-14-6-4-9-2-1-3-11(15-10)12(9)14/h1-7,10H. The van der Waals surface area contributed by atoms with E-state index < -0.39 is 0 Å². The van der Waals surface area contributed by atoms with Gasteiger partial charge < -0.3 is 4.57 Å². The molecule has 0 radical (unpaired) electrons. The van der Waals surface area contributed by atoms with Gasteiger partial charge in [-0.25, -0.2) is 0 Å². The van der Waals surface area contributed by atoms with Gasteiger partial charge in [0.15, 0.2) is 0 Å².